The van der Waals surface area contributed by atoms with Crippen LogP contribution in [0.5, 0.6) is 0 Å². The minimum absolute atomic E-state index is 0.0994. The Morgan fingerprint density at radius 1 is 0.420 bits per heavy atom. The van der Waals surface area contributed by atoms with Gasteiger partial charge in [0.2, 0.25) is 5.69 Å². The van der Waals surface area contributed by atoms with E-state index in [-0.39, 0.29) is 10.8 Å². The first kappa shape index (κ1) is 54.7. The molecule has 0 spiro atoms. The van der Waals surface area contributed by atoms with Crippen molar-refractivity contribution in [2.24, 2.45) is 0 Å². The zero-order valence-electron chi connectivity index (χ0n) is 45.6. The van der Waals surface area contributed by atoms with E-state index in [0.717, 1.165) is 13.1 Å². The van der Waals surface area contributed by atoms with Crippen LogP contribution in [0.25, 0.3) is 21.5 Å². The molecule has 378 valence electrons. The zero-order chi connectivity index (χ0) is 48.6. The molecule has 0 saturated heterocycles. The minimum atomic E-state index is -0.0994. The van der Waals surface area contributed by atoms with E-state index in [1.54, 1.807) is 0 Å². The molecule has 0 atom stereocenters. The van der Waals surface area contributed by atoms with Crippen molar-refractivity contribution >= 4 is 38.6 Å². The average molecular weight is 935 g/mol. The quantitative estimate of drug-likeness (QED) is 0.0325. The molecule has 0 radical (unpaired) electrons. The molecule has 69 heavy (non-hydrogen) atoms. The molecule has 4 aromatic carbocycles. The molecule has 0 N–H and O–H groups in total. The molecule has 2 heterocycles. The van der Waals surface area contributed by atoms with Crippen LogP contribution in [-0.2, 0) is 10.8 Å². The summed E-state index contributed by atoms with van der Waals surface area (Å²) in [5, 5.41) is 5.51. The van der Waals surface area contributed by atoms with E-state index in [9.17, 15) is 0 Å². The van der Waals surface area contributed by atoms with E-state index in [2.05, 4.69) is 142 Å². The number of anilines is 1. The lowest BCUT2D eigenvalue weighted by Crippen LogP contribution is -2.28. The van der Waals surface area contributed by atoms with Crippen molar-refractivity contribution in [1.29, 1.82) is 0 Å². The Kier molecular flexibility index (Phi) is 23.5. The summed E-state index contributed by atoms with van der Waals surface area (Å²) in [6, 6.07) is 27.7. The highest BCUT2D eigenvalue weighted by Crippen LogP contribution is 2.51. The van der Waals surface area contributed by atoms with Crippen LogP contribution in [0, 0.1) is 0 Å². The van der Waals surface area contributed by atoms with Gasteiger partial charge < -0.3 is 4.90 Å². The molecule has 4 aromatic rings. The Balaban J connectivity index is 1.06. The van der Waals surface area contributed by atoms with Crippen molar-refractivity contribution in [3.63, 3.8) is 0 Å². The number of allylic oxidation sites excluding steroid dienone is 4. The molecular weight excluding hydrogens is 833 g/mol. The number of benzene rings is 4. The second-order valence-electron chi connectivity index (χ2n) is 22.8. The summed E-state index contributed by atoms with van der Waals surface area (Å²) in [5.74, 6) is 0. The molecule has 0 aromatic heterocycles. The predicted octanol–water partition coefficient (Wildman–Crippen LogP) is 21.1. The SMILES string of the molecule is CCCCCCCCCCCCCCCCCCN1/C(=C/C=C/C2=[N+](CCCCCCCCCCCCCCCCCC)c3ccc4ccccc4c3C2(C)C)C(C)(C)c2c1ccc1ccccc21. The lowest BCUT2D eigenvalue weighted by molar-refractivity contribution is -0.438. The maximum Gasteiger partial charge on any atom is 0.210 e. The van der Waals surface area contributed by atoms with Crippen LogP contribution in [-0.4, -0.2) is 23.4 Å². The van der Waals surface area contributed by atoms with Gasteiger partial charge in [0.15, 0.2) is 5.71 Å². The van der Waals surface area contributed by atoms with Gasteiger partial charge in [0.1, 0.15) is 6.54 Å². The number of rotatable bonds is 36. The van der Waals surface area contributed by atoms with Crippen molar-refractivity contribution in [3.05, 3.63) is 108 Å². The van der Waals surface area contributed by atoms with Crippen molar-refractivity contribution in [2.75, 3.05) is 18.0 Å². The summed E-state index contributed by atoms with van der Waals surface area (Å²) >= 11 is 0. The van der Waals surface area contributed by atoms with Crippen molar-refractivity contribution < 1.29 is 4.58 Å². The summed E-state index contributed by atoms with van der Waals surface area (Å²) in [7, 11) is 0. The van der Waals surface area contributed by atoms with Gasteiger partial charge >= 0.3 is 0 Å². The van der Waals surface area contributed by atoms with Gasteiger partial charge in [-0.3, -0.25) is 0 Å². The average Bonchev–Trinajstić information content (AvgIpc) is 3.71. The molecule has 0 fully saturated rings. The minimum Gasteiger partial charge on any atom is -0.344 e. The van der Waals surface area contributed by atoms with Crippen LogP contribution in [0.2, 0.25) is 0 Å². The van der Waals surface area contributed by atoms with E-state index in [0.29, 0.717) is 0 Å². The normalized spacial score (nSPS) is 15.7. The van der Waals surface area contributed by atoms with E-state index in [4.69, 9.17) is 0 Å². The molecule has 0 amide bonds. The van der Waals surface area contributed by atoms with Gasteiger partial charge in [0.05, 0.1) is 5.41 Å². The van der Waals surface area contributed by atoms with E-state index in [1.807, 2.05) is 0 Å². The first-order valence-electron chi connectivity index (χ1n) is 29.7. The first-order valence-corrected chi connectivity index (χ1v) is 29.7. The van der Waals surface area contributed by atoms with Crippen LogP contribution in [0.1, 0.15) is 258 Å². The lowest BCUT2D eigenvalue weighted by atomic mass is 9.79. The third kappa shape index (κ3) is 15.7. The topological polar surface area (TPSA) is 6.25 Å². The molecular formula is C67H101N2+. The third-order valence-electron chi connectivity index (χ3n) is 16.5. The van der Waals surface area contributed by atoms with Crippen LogP contribution in [0.3, 0.4) is 0 Å². The number of hydrogen-bond acceptors (Lipinski definition) is 1. The molecule has 2 aliphatic heterocycles. The molecule has 6 rings (SSSR count). The van der Waals surface area contributed by atoms with Crippen molar-refractivity contribution in [3.8, 4) is 0 Å². The molecule has 0 bridgehead atoms. The molecule has 0 aliphatic carbocycles. The Bertz CT molecular complexity index is 2200. The van der Waals surface area contributed by atoms with Gasteiger partial charge in [-0.25, -0.2) is 0 Å². The third-order valence-corrected chi connectivity index (χ3v) is 16.5. The van der Waals surface area contributed by atoms with Crippen molar-refractivity contribution in [2.45, 2.75) is 258 Å². The molecule has 0 saturated carbocycles. The second kappa shape index (κ2) is 29.6. The maximum atomic E-state index is 2.71. The highest BCUT2D eigenvalue weighted by atomic mass is 15.2. The Morgan fingerprint density at radius 2 is 0.826 bits per heavy atom. The summed E-state index contributed by atoms with van der Waals surface area (Å²) in [6.45, 7) is 16.7. The predicted molar refractivity (Wildman–Crippen MR) is 307 cm³/mol. The molecule has 2 heteroatoms. The summed E-state index contributed by atoms with van der Waals surface area (Å²) < 4.78 is 2.71. The van der Waals surface area contributed by atoms with Gasteiger partial charge in [-0.15, -0.1) is 0 Å². The smallest absolute Gasteiger partial charge is 0.210 e. The number of fused-ring (bicyclic) bond motifs is 6. The van der Waals surface area contributed by atoms with E-state index >= 15 is 0 Å². The van der Waals surface area contributed by atoms with Crippen LogP contribution < -0.4 is 4.90 Å². The molecule has 2 nitrogen and oxygen atoms in total. The van der Waals surface area contributed by atoms with E-state index in [1.165, 1.54) is 261 Å². The van der Waals surface area contributed by atoms with E-state index < -0.39 is 0 Å². The highest BCUT2D eigenvalue weighted by molar-refractivity contribution is 6.07. The van der Waals surface area contributed by atoms with Gasteiger partial charge in [0.25, 0.3) is 0 Å². The Hall–Kier alpha value is -3.65. The van der Waals surface area contributed by atoms with Gasteiger partial charge in [0, 0.05) is 47.5 Å². The highest BCUT2D eigenvalue weighted by Gasteiger charge is 2.46. The lowest BCUT2D eigenvalue weighted by Gasteiger charge is -2.27. The Morgan fingerprint density at radius 3 is 1.30 bits per heavy atom. The summed E-state index contributed by atoms with van der Waals surface area (Å²) in [6.07, 6.45) is 52.3. The Labute approximate surface area is 424 Å². The fourth-order valence-corrected chi connectivity index (χ4v) is 12.4. The summed E-state index contributed by atoms with van der Waals surface area (Å²) in [5.41, 5.74) is 8.50. The fraction of sp³-hybridized carbons (Fsp3) is 0.627. The standard InChI is InChI=1S/C67H101N2/c1-7-9-11-13-15-17-19-21-23-25-27-29-31-33-35-41-54-68-60-52-50-56-44-37-39-46-58(56)64(60)66(3,4)62(68)48-43-49-63-67(5,6)65-59-47-40-38-45-57(59)51-53-61(65)69(63)55-42-36-34-32-30-28-26-24-22-20-18-16-14-12-10-8-2/h37-40,43-53H,7-36,41-42,54-55H2,1-6H3/q+1. The number of hydrogen-bond donors (Lipinski definition) is 0. The van der Waals surface area contributed by atoms with Gasteiger partial charge in [-0.05, 0) is 72.0 Å². The van der Waals surface area contributed by atoms with Gasteiger partial charge in [-0.2, -0.15) is 4.58 Å². The number of nitrogens with zero attached hydrogens (tertiary/aromatic N) is 2. The zero-order valence-corrected chi connectivity index (χ0v) is 45.6. The second-order valence-corrected chi connectivity index (χ2v) is 22.8. The van der Waals surface area contributed by atoms with Gasteiger partial charge in [-0.1, -0.05) is 275 Å². The summed E-state index contributed by atoms with van der Waals surface area (Å²) in [4.78, 5) is 2.71. The van der Waals surface area contributed by atoms with Crippen molar-refractivity contribution in [1.82, 2.24) is 0 Å². The first-order chi connectivity index (χ1) is 33.8. The molecule has 2 aliphatic rings. The fourth-order valence-electron chi connectivity index (χ4n) is 12.4. The maximum absolute atomic E-state index is 2.71. The molecule has 0 unspecified atom stereocenters. The monoisotopic (exact) mass is 934 g/mol. The number of unbranched alkanes of at least 4 members (excludes halogenated alkanes) is 30. The van der Waals surface area contributed by atoms with Crippen LogP contribution >= 0.6 is 0 Å². The largest absolute Gasteiger partial charge is 0.344 e. The van der Waals surface area contributed by atoms with Crippen LogP contribution in [0.15, 0.2) is 96.7 Å². The van der Waals surface area contributed by atoms with Crippen LogP contribution in [0.4, 0.5) is 11.4 Å².